The molecule has 1 fully saturated rings. The highest BCUT2D eigenvalue weighted by Crippen LogP contribution is 2.33. The van der Waals surface area contributed by atoms with Crippen molar-refractivity contribution in [1.82, 2.24) is 5.32 Å². The summed E-state index contributed by atoms with van der Waals surface area (Å²) in [6.45, 7) is 3.25. The van der Waals surface area contributed by atoms with E-state index in [1.165, 1.54) is 16.7 Å². The monoisotopic (exact) mass is 401 g/mol. The van der Waals surface area contributed by atoms with Crippen molar-refractivity contribution >= 4 is 0 Å². The summed E-state index contributed by atoms with van der Waals surface area (Å²) in [5.41, 5.74) is 5.81. The summed E-state index contributed by atoms with van der Waals surface area (Å²) in [6.07, 6.45) is -5.51. The number of hydrogen-bond donors (Lipinski definition) is 5. The minimum Gasteiger partial charge on any atom is -0.462 e. The maximum atomic E-state index is 10.2. The Morgan fingerprint density at radius 2 is 1.93 bits per heavy atom. The highest BCUT2D eigenvalue weighted by molar-refractivity contribution is 5.70. The van der Waals surface area contributed by atoms with E-state index in [1.54, 1.807) is 0 Å². The van der Waals surface area contributed by atoms with Gasteiger partial charge in [0.15, 0.2) is 0 Å². The van der Waals surface area contributed by atoms with Crippen LogP contribution in [0.25, 0.3) is 11.1 Å². The highest BCUT2D eigenvalue weighted by atomic mass is 16.7. The van der Waals surface area contributed by atoms with Gasteiger partial charge in [-0.3, -0.25) is 0 Å². The standard InChI is InChI=1S/C22H27NO6/c1-12-9-13(15-4-2-3-14-10-23-8-7-16(14)15)5-6-17(12)28-22-21(27)20(26)19(25)18(11-24)29-22/h2-6,9,18-27H,7-8,10-11H2,1H3/t18-,19-,20+,21+,22+/m1/s1. The number of fused-ring (bicyclic) bond motifs is 1. The lowest BCUT2D eigenvalue weighted by atomic mass is 9.91. The molecule has 0 aromatic heterocycles. The molecule has 4 rings (SSSR count). The Bertz CT molecular complexity index is 870. The van der Waals surface area contributed by atoms with E-state index in [-0.39, 0.29) is 0 Å². The molecule has 0 radical (unpaired) electrons. The third-order valence-corrected chi connectivity index (χ3v) is 5.72. The fraction of sp³-hybridized carbons (Fsp3) is 0.455. The van der Waals surface area contributed by atoms with Crippen LogP contribution in [0.4, 0.5) is 0 Å². The Labute approximate surface area is 169 Å². The van der Waals surface area contributed by atoms with Crippen molar-refractivity contribution in [2.45, 2.75) is 50.6 Å². The number of hydrogen-bond acceptors (Lipinski definition) is 7. The molecule has 0 spiro atoms. The molecule has 29 heavy (non-hydrogen) atoms. The van der Waals surface area contributed by atoms with Crippen LogP contribution in [0.3, 0.4) is 0 Å². The van der Waals surface area contributed by atoms with Gasteiger partial charge < -0.3 is 35.2 Å². The van der Waals surface area contributed by atoms with Crippen molar-refractivity contribution in [3.63, 3.8) is 0 Å². The van der Waals surface area contributed by atoms with Crippen LogP contribution >= 0.6 is 0 Å². The van der Waals surface area contributed by atoms with Crippen LogP contribution in [0.2, 0.25) is 0 Å². The Morgan fingerprint density at radius 1 is 1.10 bits per heavy atom. The van der Waals surface area contributed by atoms with Gasteiger partial charge in [-0.05, 0) is 59.8 Å². The molecule has 7 nitrogen and oxygen atoms in total. The smallest absolute Gasteiger partial charge is 0.229 e. The highest BCUT2D eigenvalue weighted by Gasteiger charge is 2.44. The molecule has 1 saturated heterocycles. The summed E-state index contributed by atoms with van der Waals surface area (Å²) in [7, 11) is 0. The van der Waals surface area contributed by atoms with E-state index in [2.05, 4.69) is 23.5 Å². The average Bonchev–Trinajstić information content (AvgIpc) is 2.75. The first-order valence-corrected chi connectivity index (χ1v) is 9.89. The van der Waals surface area contributed by atoms with Crippen LogP contribution in [0, 0.1) is 6.92 Å². The Kier molecular flexibility index (Phi) is 5.87. The van der Waals surface area contributed by atoms with Gasteiger partial charge in [0, 0.05) is 6.54 Å². The number of rotatable bonds is 4. The molecule has 156 valence electrons. The van der Waals surface area contributed by atoms with E-state index in [1.807, 2.05) is 25.1 Å². The normalized spacial score (nSPS) is 29.3. The summed E-state index contributed by atoms with van der Waals surface area (Å²) in [4.78, 5) is 0. The van der Waals surface area contributed by atoms with E-state index in [0.717, 1.165) is 30.6 Å². The van der Waals surface area contributed by atoms with Crippen molar-refractivity contribution in [3.8, 4) is 16.9 Å². The van der Waals surface area contributed by atoms with Crippen LogP contribution in [-0.4, -0.2) is 64.3 Å². The maximum absolute atomic E-state index is 10.2. The molecule has 2 heterocycles. The molecule has 2 aromatic carbocycles. The van der Waals surface area contributed by atoms with Gasteiger partial charge in [-0.2, -0.15) is 0 Å². The molecule has 5 atom stereocenters. The zero-order valence-corrected chi connectivity index (χ0v) is 16.3. The lowest BCUT2D eigenvalue weighted by Gasteiger charge is -2.39. The van der Waals surface area contributed by atoms with Crippen LogP contribution in [0.1, 0.15) is 16.7 Å². The topological polar surface area (TPSA) is 111 Å². The van der Waals surface area contributed by atoms with Crippen LogP contribution in [0.5, 0.6) is 5.75 Å². The lowest BCUT2D eigenvalue weighted by Crippen LogP contribution is -2.60. The molecule has 0 saturated carbocycles. The van der Waals surface area contributed by atoms with Gasteiger partial charge in [0.25, 0.3) is 0 Å². The van der Waals surface area contributed by atoms with Gasteiger partial charge in [0.05, 0.1) is 6.61 Å². The first-order chi connectivity index (χ1) is 14.0. The SMILES string of the molecule is Cc1cc(-c2cccc3c2CCNC3)ccc1O[C@H]1O[C@H](CO)[C@@H](O)[C@H](O)[C@@H]1O. The van der Waals surface area contributed by atoms with Crippen molar-refractivity contribution in [1.29, 1.82) is 0 Å². The van der Waals surface area contributed by atoms with Crippen LogP contribution in [-0.2, 0) is 17.7 Å². The predicted molar refractivity (Wildman–Crippen MR) is 106 cm³/mol. The van der Waals surface area contributed by atoms with Gasteiger partial charge in [0.2, 0.25) is 6.29 Å². The third kappa shape index (κ3) is 3.90. The molecule has 0 unspecified atom stereocenters. The molecule has 2 aliphatic heterocycles. The summed E-state index contributed by atoms with van der Waals surface area (Å²) >= 11 is 0. The van der Waals surface area contributed by atoms with Crippen molar-refractivity contribution in [3.05, 3.63) is 53.1 Å². The number of aliphatic hydroxyl groups excluding tert-OH is 4. The zero-order chi connectivity index (χ0) is 20.5. The second-order valence-corrected chi connectivity index (χ2v) is 7.67. The van der Waals surface area contributed by atoms with Crippen molar-refractivity contribution in [2.24, 2.45) is 0 Å². The minimum atomic E-state index is -1.46. The number of aryl methyl sites for hydroxylation is 1. The number of ether oxygens (including phenoxy) is 2. The molecule has 7 heteroatoms. The first kappa shape index (κ1) is 20.3. The summed E-state index contributed by atoms with van der Waals surface area (Å²) in [6, 6.07) is 12.1. The minimum absolute atomic E-state index is 0.489. The molecule has 0 aliphatic carbocycles. The molecular weight excluding hydrogens is 374 g/mol. The number of benzene rings is 2. The largest absolute Gasteiger partial charge is 0.462 e. The second-order valence-electron chi connectivity index (χ2n) is 7.67. The number of nitrogens with one attached hydrogen (secondary N) is 1. The third-order valence-electron chi connectivity index (χ3n) is 5.72. The predicted octanol–water partition coefficient (Wildman–Crippen LogP) is 0.486. The molecule has 0 bridgehead atoms. The molecule has 5 N–H and O–H groups in total. The van der Waals surface area contributed by atoms with E-state index in [9.17, 15) is 20.4 Å². The van der Waals surface area contributed by atoms with Crippen molar-refractivity contribution < 1.29 is 29.9 Å². The van der Waals surface area contributed by atoms with Gasteiger partial charge in [-0.1, -0.05) is 24.3 Å². The Hall–Kier alpha value is -2.00. The van der Waals surface area contributed by atoms with Gasteiger partial charge in [0.1, 0.15) is 30.2 Å². The van der Waals surface area contributed by atoms with E-state index >= 15 is 0 Å². The first-order valence-electron chi connectivity index (χ1n) is 9.89. The average molecular weight is 401 g/mol. The molecule has 2 aromatic rings. The zero-order valence-electron chi connectivity index (χ0n) is 16.3. The van der Waals surface area contributed by atoms with Gasteiger partial charge in [-0.15, -0.1) is 0 Å². The summed E-state index contributed by atoms with van der Waals surface area (Å²) < 4.78 is 11.2. The van der Waals surface area contributed by atoms with E-state index in [0.29, 0.717) is 5.75 Å². The van der Waals surface area contributed by atoms with E-state index in [4.69, 9.17) is 9.47 Å². The van der Waals surface area contributed by atoms with Gasteiger partial charge >= 0.3 is 0 Å². The second kappa shape index (κ2) is 8.39. The molecule has 0 amide bonds. The molecular formula is C22H27NO6. The number of aliphatic hydroxyl groups is 4. The summed E-state index contributed by atoms with van der Waals surface area (Å²) in [5.74, 6) is 0.504. The quantitative estimate of drug-likeness (QED) is 0.507. The summed E-state index contributed by atoms with van der Waals surface area (Å²) in [5, 5.41) is 42.8. The lowest BCUT2D eigenvalue weighted by molar-refractivity contribution is -0.277. The van der Waals surface area contributed by atoms with Crippen LogP contribution in [0.15, 0.2) is 36.4 Å². The van der Waals surface area contributed by atoms with Crippen molar-refractivity contribution in [2.75, 3.05) is 13.2 Å². The maximum Gasteiger partial charge on any atom is 0.229 e. The fourth-order valence-electron chi connectivity index (χ4n) is 4.04. The van der Waals surface area contributed by atoms with E-state index < -0.39 is 37.3 Å². The Morgan fingerprint density at radius 3 is 2.69 bits per heavy atom. The Balaban J connectivity index is 1.57. The molecule has 2 aliphatic rings. The van der Waals surface area contributed by atoms with Crippen LogP contribution < -0.4 is 10.1 Å². The fourth-order valence-corrected chi connectivity index (χ4v) is 4.04. The van der Waals surface area contributed by atoms with Gasteiger partial charge in [-0.25, -0.2) is 0 Å².